The van der Waals surface area contributed by atoms with Crippen LogP contribution in [0.1, 0.15) is 17.2 Å². The average molecular weight is 426 g/mol. The van der Waals surface area contributed by atoms with Crippen LogP contribution in [0.15, 0.2) is 78.4 Å². The van der Waals surface area contributed by atoms with Crippen molar-refractivity contribution >= 4 is 34.7 Å². The van der Waals surface area contributed by atoms with E-state index < -0.39 is 35.1 Å². The largest absolute Gasteiger partial charge is 0.507 e. The Balaban J connectivity index is 1.98. The van der Waals surface area contributed by atoms with E-state index in [1.807, 2.05) is 0 Å². The first-order chi connectivity index (χ1) is 14.4. The van der Waals surface area contributed by atoms with Gasteiger partial charge in [0.1, 0.15) is 17.4 Å². The number of aliphatic hydroxyl groups excluding tert-OH is 1. The summed E-state index contributed by atoms with van der Waals surface area (Å²) in [6.45, 7) is 0. The van der Waals surface area contributed by atoms with Crippen LogP contribution in [-0.4, -0.2) is 16.8 Å². The van der Waals surface area contributed by atoms with Crippen LogP contribution in [0.25, 0.3) is 5.76 Å². The molecular formula is C23H14ClF2NO3. The molecule has 1 N–H and O–H groups in total. The summed E-state index contributed by atoms with van der Waals surface area (Å²) < 4.78 is 28.0. The second-order valence-electron chi connectivity index (χ2n) is 6.68. The van der Waals surface area contributed by atoms with Crippen LogP contribution in [0, 0.1) is 11.6 Å². The molecule has 3 aromatic carbocycles. The Kier molecular flexibility index (Phi) is 5.10. The van der Waals surface area contributed by atoms with Gasteiger partial charge in [0.2, 0.25) is 0 Å². The number of carbonyl (C=O) groups is 2. The average Bonchev–Trinajstić information content (AvgIpc) is 2.99. The Morgan fingerprint density at radius 3 is 2.30 bits per heavy atom. The minimum atomic E-state index is -1.23. The van der Waals surface area contributed by atoms with Gasteiger partial charge in [-0.15, -0.1) is 0 Å². The van der Waals surface area contributed by atoms with E-state index in [0.717, 1.165) is 17.0 Å². The highest BCUT2D eigenvalue weighted by Crippen LogP contribution is 2.43. The number of halogens is 3. The number of amides is 1. The molecule has 0 bridgehead atoms. The van der Waals surface area contributed by atoms with Crippen LogP contribution < -0.4 is 4.90 Å². The van der Waals surface area contributed by atoms with Crippen molar-refractivity contribution in [2.75, 3.05) is 4.90 Å². The van der Waals surface area contributed by atoms with Gasteiger partial charge in [0.15, 0.2) is 0 Å². The van der Waals surface area contributed by atoms with Crippen molar-refractivity contribution in [1.29, 1.82) is 0 Å². The van der Waals surface area contributed by atoms with Crippen molar-refractivity contribution in [3.8, 4) is 0 Å². The first kappa shape index (κ1) is 19.8. The summed E-state index contributed by atoms with van der Waals surface area (Å²) in [5.74, 6) is -3.62. The van der Waals surface area contributed by atoms with Crippen molar-refractivity contribution in [2.24, 2.45) is 0 Å². The van der Waals surface area contributed by atoms with E-state index in [-0.39, 0.29) is 22.4 Å². The van der Waals surface area contributed by atoms with Gasteiger partial charge < -0.3 is 5.11 Å². The number of nitrogens with zero attached hydrogens (tertiary/aromatic N) is 1. The van der Waals surface area contributed by atoms with Crippen molar-refractivity contribution in [2.45, 2.75) is 6.04 Å². The van der Waals surface area contributed by atoms with Gasteiger partial charge in [-0.05, 0) is 48.5 Å². The van der Waals surface area contributed by atoms with Gasteiger partial charge in [-0.2, -0.15) is 0 Å². The summed E-state index contributed by atoms with van der Waals surface area (Å²) in [4.78, 5) is 26.9. The second kappa shape index (κ2) is 7.72. The molecule has 0 saturated carbocycles. The molecule has 150 valence electrons. The van der Waals surface area contributed by atoms with Gasteiger partial charge in [-0.1, -0.05) is 35.9 Å². The van der Waals surface area contributed by atoms with Gasteiger partial charge in [0.25, 0.3) is 11.7 Å². The lowest BCUT2D eigenvalue weighted by Crippen LogP contribution is -2.29. The molecule has 1 atom stereocenters. The lowest BCUT2D eigenvalue weighted by atomic mass is 9.94. The van der Waals surface area contributed by atoms with Crippen LogP contribution in [0.5, 0.6) is 0 Å². The number of aliphatic hydroxyl groups is 1. The van der Waals surface area contributed by atoms with Crippen LogP contribution in [-0.2, 0) is 9.59 Å². The fraction of sp³-hybridized carbons (Fsp3) is 0.0435. The van der Waals surface area contributed by atoms with E-state index >= 15 is 0 Å². The van der Waals surface area contributed by atoms with Crippen LogP contribution >= 0.6 is 11.6 Å². The second-order valence-corrected chi connectivity index (χ2v) is 7.11. The fourth-order valence-electron chi connectivity index (χ4n) is 3.48. The van der Waals surface area contributed by atoms with E-state index in [1.165, 1.54) is 36.4 Å². The predicted octanol–water partition coefficient (Wildman–Crippen LogP) is 5.24. The maximum Gasteiger partial charge on any atom is 0.300 e. The number of hydrogen-bond acceptors (Lipinski definition) is 3. The molecule has 1 fully saturated rings. The van der Waals surface area contributed by atoms with Gasteiger partial charge in [0, 0.05) is 21.8 Å². The standard InChI is InChI=1S/C23H14ClF2NO3/c24-14-4-3-5-16(12-14)27-20(17-6-1-2-7-18(17)26)19(22(29)23(27)30)21(28)13-8-10-15(25)11-9-13/h1-12,20,28H/b21-19+. The SMILES string of the molecule is O=C1C(=O)N(c2cccc(Cl)c2)C(c2ccccc2F)/C1=C(\O)c1ccc(F)cc1. The van der Waals surface area contributed by atoms with Crippen LogP contribution in [0.4, 0.5) is 14.5 Å². The molecule has 0 spiro atoms. The van der Waals surface area contributed by atoms with Gasteiger partial charge >= 0.3 is 0 Å². The zero-order chi connectivity index (χ0) is 21.4. The fourth-order valence-corrected chi connectivity index (χ4v) is 3.66. The number of anilines is 1. The number of Topliss-reactive ketones (excluding diaryl/α,β-unsaturated/α-hetero) is 1. The molecule has 0 aliphatic carbocycles. The summed E-state index contributed by atoms with van der Waals surface area (Å²) in [5.41, 5.74) is 0.134. The highest BCUT2D eigenvalue weighted by molar-refractivity contribution is 6.51. The van der Waals surface area contributed by atoms with Crippen molar-refractivity contribution < 1.29 is 23.5 Å². The number of ketones is 1. The molecule has 7 heteroatoms. The predicted molar refractivity (Wildman–Crippen MR) is 109 cm³/mol. The Morgan fingerprint density at radius 2 is 1.63 bits per heavy atom. The quantitative estimate of drug-likeness (QED) is 0.354. The third kappa shape index (κ3) is 3.35. The molecule has 4 nitrogen and oxygen atoms in total. The molecule has 1 saturated heterocycles. The highest BCUT2D eigenvalue weighted by Gasteiger charge is 2.47. The molecule has 3 aromatic rings. The Morgan fingerprint density at radius 1 is 0.933 bits per heavy atom. The molecule has 0 radical (unpaired) electrons. The Hall–Kier alpha value is -3.51. The third-order valence-corrected chi connectivity index (χ3v) is 5.08. The van der Waals surface area contributed by atoms with E-state index in [0.29, 0.717) is 5.02 Å². The van der Waals surface area contributed by atoms with E-state index in [4.69, 9.17) is 11.6 Å². The number of rotatable bonds is 3. The van der Waals surface area contributed by atoms with E-state index in [1.54, 1.807) is 24.3 Å². The first-order valence-electron chi connectivity index (χ1n) is 8.95. The highest BCUT2D eigenvalue weighted by atomic mass is 35.5. The van der Waals surface area contributed by atoms with Crippen molar-refractivity contribution in [3.05, 3.63) is 106 Å². The summed E-state index contributed by atoms with van der Waals surface area (Å²) in [7, 11) is 0. The zero-order valence-electron chi connectivity index (χ0n) is 15.4. The number of benzene rings is 3. The van der Waals surface area contributed by atoms with Crippen LogP contribution in [0.3, 0.4) is 0 Å². The molecule has 1 unspecified atom stereocenters. The third-order valence-electron chi connectivity index (χ3n) is 4.85. The normalized spacial score (nSPS) is 18.1. The number of hydrogen-bond donors (Lipinski definition) is 1. The summed E-state index contributed by atoms with van der Waals surface area (Å²) >= 11 is 6.05. The van der Waals surface area contributed by atoms with Crippen molar-refractivity contribution in [1.82, 2.24) is 0 Å². The van der Waals surface area contributed by atoms with Crippen molar-refractivity contribution in [3.63, 3.8) is 0 Å². The molecular weight excluding hydrogens is 412 g/mol. The summed E-state index contributed by atoms with van der Waals surface area (Å²) in [6, 6.07) is 15.4. The Bertz CT molecular complexity index is 1190. The summed E-state index contributed by atoms with van der Waals surface area (Å²) in [5, 5.41) is 11.2. The summed E-state index contributed by atoms with van der Waals surface area (Å²) in [6.07, 6.45) is 0. The monoisotopic (exact) mass is 425 g/mol. The van der Waals surface area contributed by atoms with Gasteiger partial charge in [-0.3, -0.25) is 14.5 Å². The zero-order valence-corrected chi connectivity index (χ0v) is 16.1. The lowest BCUT2D eigenvalue weighted by molar-refractivity contribution is -0.132. The molecule has 0 aromatic heterocycles. The molecule has 30 heavy (non-hydrogen) atoms. The topological polar surface area (TPSA) is 57.6 Å². The molecule has 4 rings (SSSR count). The smallest absolute Gasteiger partial charge is 0.300 e. The Labute approximate surface area is 175 Å². The van der Waals surface area contributed by atoms with E-state index in [2.05, 4.69) is 0 Å². The molecule has 1 heterocycles. The maximum absolute atomic E-state index is 14.7. The molecule has 1 amide bonds. The molecule has 1 aliphatic rings. The first-order valence-corrected chi connectivity index (χ1v) is 9.33. The minimum absolute atomic E-state index is 0.0281. The van der Waals surface area contributed by atoms with Gasteiger partial charge in [-0.25, -0.2) is 8.78 Å². The van der Waals surface area contributed by atoms with Gasteiger partial charge in [0.05, 0.1) is 11.6 Å². The van der Waals surface area contributed by atoms with Crippen LogP contribution in [0.2, 0.25) is 5.02 Å². The number of carbonyl (C=O) groups excluding carboxylic acids is 2. The minimum Gasteiger partial charge on any atom is -0.507 e. The lowest BCUT2D eigenvalue weighted by Gasteiger charge is -2.25. The van der Waals surface area contributed by atoms with E-state index in [9.17, 15) is 23.5 Å². The molecule has 1 aliphatic heterocycles. The maximum atomic E-state index is 14.7.